The van der Waals surface area contributed by atoms with Crippen molar-refractivity contribution in [1.29, 1.82) is 0 Å². The van der Waals surface area contributed by atoms with Crippen molar-refractivity contribution in [3.8, 4) is 0 Å². The Balaban J connectivity index is 1.59. The smallest absolute Gasteiger partial charge is 0.159 e. The van der Waals surface area contributed by atoms with Gasteiger partial charge >= 0.3 is 0 Å². The molecule has 2 heterocycles. The number of rotatable bonds is 10. The highest BCUT2D eigenvalue weighted by molar-refractivity contribution is 7.92. The van der Waals surface area contributed by atoms with E-state index in [0.29, 0.717) is 0 Å². The highest BCUT2D eigenvalue weighted by Crippen LogP contribution is 2.37. The molecule has 0 aromatic heterocycles. The molecule has 2 aliphatic rings. The van der Waals surface area contributed by atoms with Crippen molar-refractivity contribution in [2.24, 2.45) is 0 Å². The van der Waals surface area contributed by atoms with E-state index in [1.807, 2.05) is 0 Å². The minimum Gasteiger partial charge on any atom is -0.228 e. The quantitative estimate of drug-likeness (QED) is 0.388. The molecule has 0 spiro atoms. The molecule has 0 radical (unpaired) electrons. The van der Waals surface area contributed by atoms with Crippen LogP contribution >= 0.6 is 0 Å². The summed E-state index contributed by atoms with van der Waals surface area (Å²) in [6.45, 7) is 2.26. The molecule has 0 amide bonds. The third kappa shape index (κ3) is 5.11. The van der Waals surface area contributed by atoms with E-state index >= 15 is 0 Å². The monoisotopic (exact) mass is 326 g/mol. The molecule has 0 aromatic carbocycles. The molecule has 1 saturated heterocycles. The Morgan fingerprint density at radius 2 is 1.59 bits per heavy atom. The summed E-state index contributed by atoms with van der Waals surface area (Å²) in [5, 5.41) is -0.196. The fraction of sp³-hybridized carbons (Fsp3) is 0.895. The number of fused-ring (bicyclic) bond motifs is 2. The molecule has 2 nitrogen and oxygen atoms in total. The molecule has 2 unspecified atom stereocenters. The lowest BCUT2D eigenvalue weighted by Crippen LogP contribution is -2.38. The SMILES string of the molecule is CCCCCCCCCCCC1=CC2CCCC(C1)S2(=O)=O. The molecular weight excluding hydrogens is 292 g/mol. The Bertz CT molecular complexity index is 450. The summed E-state index contributed by atoms with van der Waals surface area (Å²) in [6.07, 6.45) is 19.1. The molecule has 0 aromatic rings. The van der Waals surface area contributed by atoms with Gasteiger partial charge in [-0.05, 0) is 32.1 Å². The fourth-order valence-electron chi connectivity index (χ4n) is 3.99. The van der Waals surface area contributed by atoms with Crippen molar-refractivity contribution in [3.63, 3.8) is 0 Å². The van der Waals surface area contributed by atoms with Crippen LogP contribution in [0.25, 0.3) is 0 Å². The maximum Gasteiger partial charge on any atom is 0.159 e. The van der Waals surface area contributed by atoms with Gasteiger partial charge in [0.15, 0.2) is 9.84 Å². The maximum atomic E-state index is 12.2. The van der Waals surface area contributed by atoms with Gasteiger partial charge in [-0.15, -0.1) is 0 Å². The van der Waals surface area contributed by atoms with Crippen molar-refractivity contribution in [1.82, 2.24) is 0 Å². The summed E-state index contributed by atoms with van der Waals surface area (Å²) < 4.78 is 24.4. The van der Waals surface area contributed by atoms with Gasteiger partial charge in [0.1, 0.15) is 0 Å². The van der Waals surface area contributed by atoms with Crippen LogP contribution in [0.5, 0.6) is 0 Å². The molecule has 2 aliphatic heterocycles. The van der Waals surface area contributed by atoms with Crippen LogP contribution in [0.2, 0.25) is 0 Å². The van der Waals surface area contributed by atoms with E-state index < -0.39 is 9.84 Å². The first-order valence-corrected chi connectivity index (χ1v) is 11.2. The van der Waals surface area contributed by atoms with Crippen LogP contribution in [0.4, 0.5) is 0 Å². The molecule has 0 saturated carbocycles. The second-order valence-corrected chi connectivity index (χ2v) is 9.74. The van der Waals surface area contributed by atoms with Crippen LogP contribution in [0, 0.1) is 0 Å². The Labute approximate surface area is 137 Å². The predicted molar refractivity (Wildman–Crippen MR) is 94.9 cm³/mol. The lowest BCUT2D eigenvalue weighted by atomic mass is 9.94. The number of hydrogen-bond acceptors (Lipinski definition) is 2. The van der Waals surface area contributed by atoms with E-state index in [9.17, 15) is 8.42 Å². The molecule has 2 bridgehead atoms. The van der Waals surface area contributed by atoms with Gasteiger partial charge in [0.05, 0.1) is 10.5 Å². The van der Waals surface area contributed by atoms with Crippen molar-refractivity contribution >= 4 is 9.84 Å². The van der Waals surface area contributed by atoms with Gasteiger partial charge in [-0.1, -0.05) is 76.4 Å². The zero-order valence-corrected chi connectivity index (χ0v) is 15.2. The highest BCUT2D eigenvalue weighted by atomic mass is 32.2. The molecule has 128 valence electrons. The van der Waals surface area contributed by atoms with E-state index in [1.54, 1.807) is 0 Å². The Kier molecular flexibility index (Phi) is 7.46. The maximum absolute atomic E-state index is 12.2. The minimum absolute atomic E-state index is 0.0511. The first-order chi connectivity index (χ1) is 10.6. The summed E-state index contributed by atoms with van der Waals surface area (Å²) in [6, 6.07) is 0. The Morgan fingerprint density at radius 3 is 2.23 bits per heavy atom. The first-order valence-electron chi connectivity index (χ1n) is 9.57. The van der Waals surface area contributed by atoms with Crippen LogP contribution in [0.15, 0.2) is 11.6 Å². The van der Waals surface area contributed by atoms with Gasteiger partial charge in [-0.3, -0.25) is 0 Å². The van der Waals surface area contributed by atoms with Gasteiger partial charge in [0.25, 0.3) is 0 Å². The van der Waals surface area contributed by atoms with Crippen molar-refractivity contribution in [2.75, 3.05) is 0 Å². The van der Waals surface area contributed by atoms with Crippen LogP contribution < -0.4 is 0 Å². The van der Waals surface area contributed by atoms with Crippen LogP contribution in [-0.4, -0.2) is 18.9 Å². The number of allylic oxidation sites excluding steroid dienone is 1. The van der Waals surface area contributed by atoms with Gasteiger partial charge in [-0.2, -0.15) is 0 Å². The Hall–Kier alpha value is -0.310. The summed E-state index contributed by atoms with van der Waals surface area (Å²) in [5.74, 6) is 0. The fourth-order valence-corrected chi connectivity index (χ4v) is 6.30. The van der Waals surface area contributed by atoms with E-state index in [0.717, 1.165) is 32.1 Å². The lowest BCUT2D eigenvalue weighted by Gasteiger charge is -2.33. The average molecular weight is 327 g/mol. The molecule has 0 N–H and O–H groups in total. The van der Waals surface area contributed by atoms with E-state index in [1.165, 1.54) is 63.4 Å². The van der Waals surface area contributed by atoms with Crippen molar-refractivity contribution in [2.45, 2.75) is 107 Å². The standard InChI is InChI=1S/C19H34O2S/c1-2-3-4-5-6-7-8-9-10-12-17-15-18-13-11-14-19(16-17)22(18,20)21/h15,18-19H,2-14,16H2,1H3. The van der Waals surface area contributed by atoms with E-state index in [4.69, 9.17) is 0 Å². The van der Waals surface area contributed by atoms with Crippen LogP contribution in [0.3, 0.4) is 0 Å². The minimum atomic E-state index is -2.83. The van der Waals surface area contributed by atoms with Gasteiger partial charge < -0.3 is 0 Å². The normalized spacial score (nSPS) is 26.7. The second-order valence-electron chi connectivity index (χ2n) is 7.29. The number of hydrogen-bond donors (Lipinski definition) is 0. The third-order valence-electron chi connectivity index (χ3n) is 5.41. The van der Waals surface area contributed by atoms with Crippen LogP contribution in [-0.2, 0) is 9.84 Å². The summed E-state index contributed by atoms with van der Waals surface area (Å²) >= 11 is 0. The van der Waals surface area contributed by atoms with Gasteiger partial charge in [0.2, 0.25) is 0 Å². The number of sulfone groups is 1. The lowest BCUT2D eigenvalue weighted by molar-refractivity contribution is 0.501. The average Bonchev–Trinajstić information content (AvgIpc) is 2.45. The van der Waals surface area contributed by atoms with Crippen molar-refractivity contribution in [3.05, 3.63) is 11.6 Å². The highest BCUT2D eigenvalue weighted by Gasteiger charge is 2.39. The summed E-state index contributed by atoms with van der Waals surface area (Å²) in [7, 11) is -2.83. The summed E-state index contributed by atoms with van der Waals surface area (Å²) in [5.41, 5.74) is 1.44. The first kappa shape index (κ1) is 18.0. The van der Waals surface area contributed by atoms with E-state index in [-0.39, 0.29) is 10.5 Å². The van der Waals surface area contributed by atoms with Crippen LogP contribution in [0.1, 0.15) is 96.8 Å². The summed E-state index contributed by atoms with van der Waals surface area (Å²) in [4.78, 5) is 0. The number of unbranched alkanes of at least 4 members (excludes halogenated alkanes) is 8. The van der Waals surface area contributed by atoms with Gasteiger partial charge in [0, 0.05) is 0 Å². The largest absolute Gasteiger partial charge is 0.228 e. The molecular formula is C19H34O2S. The zero-order chi connectivity index (χ0) is 15.8. The van der Waals surface area contributed by atoms with Crippen molar-refractivity contribution < 1.29 is 8.42 Å². The van der Waals surface area contributed by atoms with Gasteiger partial charge in [-0.25, -0.2) is 8.42 Å². The second kappa shape index (κ2) is 9.10. The molecule has 0 aliphatic carbocycles. The Morgan fingerprint density at radius 1 is 0.955 bits per heavy atom. The molecule has 1 fully saturated rings. The van der Waals surface area contributed by atoms with E-state index in [2.05, 4.69) is 13.0 Å². The third-order valence-corrected chi connectivity index (χ3v) is 7.96. The predicted octanol–water partition coefficient (Wildman–Crippen LogP) is 5.57. The molecule has 2 atom stereocenters. The molecule has 22 heavy (non-hydrogen) atoms. The molecule has 2 rings (SSSR count). The topological polar surface area (TPSA) is 34.1 Å². The zero-order valence-electron chi connectivity index (χ0n) is 14.4. The molecule has 3 heteroatoms.